The summed E-state index contributed by atoms with van der Waals surface area (Å²) in [7, 11) is 0. The highest BCUT2D eigenvalue weighted by Crippen LogP contribution is 2.41. The lowest BCUT2D eigenvalue weighted by Gasteiger charge is -2.40. The molecule has 17 heavy (non-hydrogen) atoms. The number of hydrogen-bond acceptors (Lipinski definition) is 2. The third-order valence-corrected chi connectivity index (χ3v) is 3.82. The summed E-state index contributed by atoms with van der Waals surface area (Å²) in [6, 6.07) is 4.18. The summed E-state index contributed by atoms with van der Waals surface area (Å²) >= 11 is 0. The molecule has 1 heterocycles. The van der Waals surface area contributed by atoms with Crippen LogP contribution < -0.4 is 4.74 Å². The molecule has 90 valence electrons. The van der Waals surface area contributed by atoms with Crippen LogP contribution in [0.2, 0.25) is 0 Å². The molecular weight excluding hydrogens is 219 g/mol. The first-order valence-electron chi connectivity index (χ1n) is 6.20. The highest BCUT2D eigenvalue weighted by atomic mass is 19.1. The first-order chi connectivity index (χ1) is 8.19. The second-order valence-electron chi connectivity index (χ2n) is 5.09. The van der Waals surface area contributed by atoms with Crippen LogP contribution in [0.4, 0.5) is 4.39 Å². The maximum atomic E-state index is 13.2. The number of rotatable bonds is 0. The molecule has 1 fully saturated rings. The summed E-state index contributed by atoms with van der Waals surface area (Å²) in [4.78, 5) is 12.1. The molecule has 0 amide bonds. The minimum atomic E-state index is -0.351. The summed E-state index contributed by atoms with van der Waals surface area (Å²) in [5.41, 5.74) is 0.179. The molecule has 3 heteroatoms. The van der Waals surface area contributed by atoms with Crippen LogP contribution in [0, 0.1) is 5.82 Å². The normalized spacial score (nSPS) is 22.1. The van der Waals surface area contributed by atoms with E-state index in [1.807, 2.05) is 0 Å². The predicted octanol–water partition coefficient (Wildman–Crippen LogP) is 3.49. The van der Waals surface area contributed by atoms with E-state index in [1.165, 1.54) is 24.6 Å². The van der Waals surface area contributed by atoms with Crippen LogP contribution >= 0.6 is 0 Å². The van der Waals surface area contributed by atoms with Gasteiger partial charge in [-0.2, -0.15) is 0 Å². The van der Waals surface area contributed by atoms with Crippen molar-refractivity contribution in [1.82, 2.24) is 0 Å². The van der Waals surface area contributed by atoms with Crippen molar-refractivity contribution in [2.45, 2.75) is 44.1 Å². The molecule has 0 radical (unpaired) electrons. The van der Waals surface area contributed by atoms with E-state index in [9.17, 15) is 9.18 Å². The largest absolute Gasteiger partial charge is 0.486 e. The Labute approximate surface area is 99.8 Å². The van der Waals surface area contributed by atoms with E-state index in [0.717, 1.165) is 25.7 Å². The summed E-state index contributed by atoms with van der Waals surface area (Å²) in [5.74, 6) is 0.181. The van der Waals surface area contributed by atoms with Crippen molar-refractivity contribution in [3.8, 4) is 5.75 Å². The minimum absolute atomic E-state index is 0.0909. The number of fused-ring (bicyclic) bond motifs is 1. The van der Waals surface area contributed by atoms with Crippen LogP contribution in [0.1, 0.15) is 48.9 Å². The fourth-order valence-corrected chi connectivity index (χ4v) is 2.94. The molecule has 1 spiro atoms. The Balaban J connectivity index is 1.98. The molecule has 0 saturated heterocycles. The zero-order chi connectivity index (χ0) is 11.9. The first kappa shape index (κ1) is 10.8. The van der Waals surface area contributed by atoms with E-state index in [-0.39, 0.29) is 17.2 Å². The second-order valence-corrected chi connectivity index (χ2v) is 5.09. The quantitative estimate of drug-likeness (QED) is 0.686. The molecule has 1 aliphatic heterocycles. The Kier molecular flexibility index (Phi) is 2.42. The molecule has 3 rings (SSSR count). The monoisotopic (exact) mass is 234 g/mol. The molecular formula is C14H15FO2. The van der Waals surface area contributed by atoms with Gasteiger partial charge < -0.3 is 4.74 Å². The third-order valence-electron chi connectivity index (χ3n) is 3.82. The lowest BCUT2D eigenvalue weighted by atomic mass is 9.78. The Morgan fingerprint density at radius 2 is 1.94 bits per heavy atom. The van der Waals surface area contributed by atoms with Crippen molar-refractivity contribution in [1.29, 1.82) is 0 Å². The number of ether oxygens (including phenoxy) is 1. The molecule has 0 bridgehead atoms. The maximum absolute atomic E-state index is 13.2. The number of Topliss-reactive ketones (excluding diaryl/α,β-unsaturated/α-hetero) is 1. The molecule has 0 atom stereocenters. The number of ketones is 1. The fourth-order valence-electron chi connectivity index (χ4n) is 2.94. The van der Waals surface area contributed by atoms with Gasteiger partial charge in [-0.3, -0.25) is 4.79 Å². The van der Waals surface area contributed by atoms with Crippen LogP contribution in [0.15, 0.2) is 18.2 Å². The SMILES string of the molecule is O=C1CC2(CCCCC2)Oc2cc(F)ccc21. The lowest BCUT2D eigenvalue weighted by Crippen LogP contribution is -2.43. The molecule has 2 nitrogen and oxygen atoms in total. The standard InChI is InChI=1S/C14H15FO2/c15-10-4-5-11-12(16)9-14(17-13(11)8-10)6-2-1-3-7-14/h4-5,8H,1-3,6-7,9H2. The molecule has 1 saturated carbocycles. The zero-order valence-electron chi connectivity index (χ0n) is 9.67. The average Bonchev–Trinajstić information content (AvgIpc) is 2.29. The Morgan fingerprint density at radius 3 is 2.71 bits per heavy atom. The Hall–Kier alpha value is -1.38. The summed E-state index contributed by atoms with van der Waals surface area (Å²) < 4.78 is 19.1. The number of benzene rings is 1. The second kappa shape index (κ2) is 3.83. The van der Waals surface area contributed by atoms with Gasteiger partial charge in [0.05, 0.1) is 12.0 Å². The number of carbonyl (C=O) groups excluding carboxylic acids is 1. The Morgan fingerprint density at radius 1 is 1.18 bits per heavy atom. The van der Waals surface area contributed by atoms with Gasteiger partial charge in [0.2, 0.25) is 0 Å². The van der Waals surface area contributed by atoms with Gasteiger partial charge in [-0.25, -0.2) is 4.39 Å². The van der Waals surface area contributed by atoms with Gasteiger partial charge in [0, 0.05) is 6.07 Å². The Bertz CT molecular complexity index is 461. The first-order valence-corrected chi connectivity index (χ1v) is 6.20. The predicted molar refractivity (Wildman–Crippen MR) is 61.8 cm³/mol. The van der Waals surface area contributed by atoms with Gasteiger partial charge in [-0.1, -0.05) is 6.42 Å². The molecule has 0 aromatic heterocycles. The van der Waals surface area contributed by atoms with E-state index in [1.54, 1.807) is 0 Å². The number of hydrogen-bond donors (Lipinski definition) is 0. The van der Waals surface area contributed by atoms with E-state index in [0.29, 0.717) is 17.7 Å². The van der Waals surface area contributed by atoms with Crippen molar-refractivity contribution in [3.05, 3.63) is 29.6 Å². The topological polar surface area (TPSA) is 26.3 Å². The van der Waals surface area contributed by atoms with Gasteiger partial charge >= 0.3 is 0 Å². The summed E-state index contributed by atoms with van der Waals surface area (Å²) in [6.45, 7) is 0. The van der Waals surface area contributed by atoms with Crippen molar-refractivity contribution in [2.75, 3.05) is 0 Å². The van der Waals surface area contributed by atoms with Crippen LogP contribution in [0.25, 0.3) is 0 Å². The van der Waals surface area contributed by atoms with Crippen molar-refractivity contribution >= 4 is 5.78 Å². The smallest absolute Gasteiger partial charge is 0.170 e. The molecule has 2 aliphatic rings. The molecule has 0 unspecified atom stereocenters. The molecule has 1 aromatic carbocycles. The van der Waals surface area contributed by atoms with Crippen LogP contribution in [-0.4, -0.2) is 11.4 Å². The molecule has 1 aromatic rings. The zero-order valence-corrected chi connectivity index (χ0v) is 9.67. The highest BCUT2D eigenvalue weighted by Gasteiger charge is 2.41. The minimum Gasteiger partial charge on any atom is -0.486 e. The van der Waals surface area contributed by atoms with E-state index in [4.69, 9.17) is 4.74 Å². The van der Waals surface area contributed by atoms with Gasteiger partial charge in [0.15, 0.2) is 5.78 Å². The van der Waals surface area contributed by atoms with E-state index >= 15 is 0 Å². The highest BCUT2D eigenvalue weighted by molar-refractivity contribution is 6.00. The third kappa shape index (κ3) is 1.84. The number of halogens is 1. The van der Waals surface area contributed by atoms with Gasteiger partial charge in [-0.05, 0) is 37.8 Å². The van der Waals surface area contributed by atoms with Crippen LogP contribution in [0.3, 0.4) is 0 Å². The van der Waals surface area contributed by atoms with Gasteiger partial charge in [0.25, 0.3) is 0 Å². The van der Waals surface area contributed by atoms with Crippen molar-refractivity contribution in [3.63, 3.8) is 0 Å². The maximum Gasteiger partial charge on any atom is 0.170 e. The fraction of sp³-hybridized carbons (Fsp3) is 0.500. The number of carbonyl (C=O) groups is 1. The molecule has 0 N–H and O–H groups in total. The molecule has 1 aliphatic carbocycles. The van der Waals surface area contributed by atoms with Gasteiger partial charge in [-0.15, -0.1) is 0 Å². The van der Waals surface area contributed by atoms with Crippen LogP contribution in [-0.2, 0) is 0 Å². The summed E-state index contributed by atoms with van der Waals surface area (Å²) in [5, 5.41) is 0. The van der Waals surface area contributed by atoms with Gasteiger partial charge in [0.1, 0.15) is 17.2 Å². The average molecular weight is 234 g/mol. The van der Waals surface area contributed by atoms with Crippen molar-refractivity contribution in [2.24, 2.45) is 0 Å². The van der Waals surface area contributed by atoms with Crippen molar-refractivity contribution < 1.29 is 13.9 Å². The summed E-state index contributed by atoms with van der Waals surface area (Å²) in [6.07, 6.45) is 5.67. The van der Waals surface area contributed by atoms with E-state index < -0.39 is 0 Å². The lowest BCUT2D eigenvalue weighted by molar-refractivity contribution is 0.0134. The van der Waals surface area contributed by atoms with E-state index in [2.05, 4.69) is 0 Å². The van der Waals surface area contributed by atoms with Crippen LogP contribution in [0.5, 0.6) is 5.75 Å².